The molecule has 1 amide bonds. The van der Waals surface area contributed by atoms with Crippen LogP contribution in [-0.2, 0) is 14.6 Å². The lowest BCUT2D eigenvalue weighted by atomic mass is 10.1. The van der Waals surface area contributed by atoms with Crippen LogP contribution in [0, 0.1) is 13.8 Å². The Labute approximate surface area is 207 Å². The lowest BCUT2D eigenvalue weighted by molar-refractivity contribution is -0.118. The first-order valence-corrected chi connectivity index (χ1v) is 13.4. The van der Waals surface area contributed by atoms with Gasteiger partial charge in [-0.15, -0.1) is 12.4 Å². The van der Waals surface area contributed by atoms with Gasteiger partial charge < -0.3 is 4.90 Å². The molecule has 3 aromatic rings. The molecule has 0 atom stereocenters. The lowest BCUT2D eigenvalue weighted by Crippen LogP contribution is -2.39. The Balaban J connectivity index is 0.00000385. The molecule has 0 unspecified atom stereocenters. The molecular weight excluding hydrogens is 478 g/mol. The first-order valence-electron chi connectivity index (χ1n) is 10.9. The summed E-state index contributed by atoms with van der Waals surface area (Å²) in [6.45, 7) is 11.2. The molecule has 0 aliphatic carbocycles. The molecule has 1 heterocycles. The number of anilines is 1. The number of halogens is 1. The molecular formula is C24H32ClN3O3S2. The highest BCUT2D eigenvalue weighted by Crippen LogP contribution is 2.32. The van der Waals surface area contributed by atoms with Crippen molar-refractivity contribution < 1.29 is 13.2 Å². The second kappa shape index (κ2) is 11.9. The molecule has 0 saturated carbocycles. The van der Waals surface area contributed by atoms with Crippen LogP contribution >= 0.6 is 23.7 Å². The van der Waals surface area contributed by atoms with Crippen molar-refractivity contribution in [2.24, 2.45) is 0 Å². The number of hydrogen-bond donors (Lipinski definition) is 0. The van der Waals surface area contributed by atoms with Crippen LogP contribution in [0.15, 0.2) is 47.4 Å². The van der Waals surface area contributed by atoms with Crippen molar-refractivity contribution >= 4 is 54.8 Å². The Kier molecular flexibility index (Phi) is 9.84. The van der Waals surface area contributed by atoms with Gasteiger partial charge in [-0.25, -0.2) is 13.4 Å². The van der Waals surface area contributed by atoms with Crippen molar-refractivity contribution in [1.82, 2.24) is 9.88 Å². The van der Waals surface area contributed by atoms with E-state index in [1.54, 1.807) is 35.2 Å². The number of likely N-dealkylation sites (N-methyl/N-ethyl adjacent to an activating group) is 1. The third kappa shape index (κ3) is 6.53. The molecule has 0 aliphatic heterocycles. The minimum absolute atomic E-state index is 0. The first-order chi connectivity index (χ1) is 15.3. The molecule has 9 heteroatoms. The maximum absolute atomic E-state index is 13.2. The third-order valence-electron chi connectivity index (χ3n) is 5.83. The minimum Gasteiger partial charge on any atom is -0.302 e. The largest absolute Gasteiger partial charge is 0.302 e. The number of hydrogen-bond acceptors (Lipinski definition) is 6. The van der Waals surface area contributed by atoms with Crippen LogP contribution in [0.1, 0.15) is 31.4 Å². The van der Waals surface area contributed by atoms with E-state index in [-0.39, 0.29) is 35.4 Å². The van der Waals surface area contributed by atoms with Gasteiger partial charge in [-0.05, 0) is 56.3 Å². The number of benzene rings is 2. The molecule has 180 valence electrons. The number of aryl methyl sites for hydroxylation is 2. The predicted octanol–water partition coefficient (Wildman–Crippen LogP) is 4.87. The molecule has 6 nitrogen and oxygen atoms in total. The van der Waals surface area contributed by atoms with E-state index < -0.39 is 9.84 Å². The Bertz CT molecular complexity index is 1180. The molecule has 0 radical (unpaired) electrons. The highest BCUT2D eigenvalue weighted by atomic mass is 35.5. The van der Waals surface area contributed by atoms with Crippen molar-refractivity contribution in [2.45, 2.75) is 39.0 Å². The van der Waals surface area contributed by atoms with E-state index in [2.05, 4.69) is 24.8 Å². The number of aromatic nitrogens is 1. The van der Waals surface area contributed by atoms with Crippen LogP contribution < -0.4 is 4.90 Å². The quantitative estimate of drug-likeness (QED) is 0.390. The van der Waals surface area contributed by atoms with Gasteiger partial charge in [0.1, 0.15) is 0 Å². The standard InChI is InChI=1S/C24H31N3O3S2.ClH/c1-5-26(6-2)15-16-27(24-25-23-19(4)18(3)12-13-21(23)31-24)22(28)14-17-32(29,30)20-10-8-7-9-11-20;/h7-13H,5-6,14-17H2,1-4H3;1H. The molecule has 0 N–H and O–H groups in total. The third-order valence-corrected chi connectivity index (χ3v) is 8.60. The Morgan fingerprint density at radius 3 is 2.30 bits per heavy atom. The van der Waals surface area contributed by atoms with E-state index in [9.17, 15) is 13.2 Å². The summed E-state index contributed by atoms with van der Waals surface area (Å²) in [6.07, 6.45) is -0.0799. The highest BCUT2D eigenvalue weighted by molar-refractivity contribution is 7.91. The number of thiazole rings is 1. The van der Waals surface area contributed by atoms with E-state index in [1.165, 1.54) is 11.3 Å². The Morgan fingerprint density at radius 2 is 1.67 bits per heavy atom. The van der Waals surface area contributed by atoms with E-state index >= 15 is 0 Å². The summed E-state index contributed by atoms with van der Waals surface area (Å²) in [6, 6.07) is 12.4. The van der Waals surface area contributed by atoms with Gasteiger partial charge in [0.2, 0.25) is 5.91 Å². The highest BCUT2D eigenvalue weighted by Gasteiger charge is 2.24. The van der Waals surface area contributed by atoms with Crippen molar-refractivity contribution in [2.75, 3.05) is 36.8 Å². The van der Waals surface area contributed by atoms with Gasteiger partial charge in [0.15, 0.2) is 15.0 Å². The van der Waals surface area contributed by atoms with Crippen molar-refractivity contribution in [3.8, 4) is 0 Å². The molecule has 0 saturated heterocycles. The molecule has 0 spiro atoms. The average molecular weight is 510 g/mol. The monoisotopic (exact) mass is 509 g/mol. The van der Waals surface area contributed by atoms with Gasteiger partial charge in [0.05, 0.1) is 20.9 Å². The number of fused-ring (bicyclic) bond motifs is 1. The molecule has 2 aromatic carbocycles. The Morgan fingerprint density at radius 1 is 1.00 bits per heavy atom. The van der Waals surface area contributed by atoms with Gasteiger partial charge in [0, 0.05) is 19.5 Å². The predicted molar refractivity (Wildman–Crippen MR) is 140 cm³/mol. The fourth-order valence-electron chi connectivity index (χ4n) is 3.54. The van der Waals surface area contributed by atoms with Crippen molar-refractivity contribution in [3.05, 3.63) is 53.6 Å². The summed E-state index contributed by atoms with van der Waals surface area (Å²) >= 11 is 1.48. The first kappa shape index (κ1) is 27.2. The fraction of sp³-hybridized carbons (Fsp3) is 0.417. The normalized spacial score (nSPS) is 11.5. The summed E-state index contributed by atoms with van der Waals surface area (Å²) < 4.78 is 26.4. The summed E-state index contributed by atoms with van der Waals surface area (Å²) in [5.74, 6) is -0.439. The molecule has 1 aromatic heterocycles. The zero-order chi connectivity index (χ0) is 23.3. The summed E-state index contributed by atoms with van der Waals surface area (Å²) in [7, 11) is -3.52. The van der Waals surface area contributed by atoms with E-state index in [0.717, 1.165) is 34.4 Å². The number of carbonyl (C=O) groups excluding carboxylic acids is 1. The minimum atomic E-state index is -3.52. The van der Waals surface area contributed by atoms with Gasteiger partial charge in [0.25, 0.3) is 0 Å². The SMILES string of the molecule is CCN(CC)CCN(C(=O)CCS(=O)(=O)c1ccccc1)c1nc2c(C)c(C)ccc2s1.Cl. The number of carbonyl (C=O) groups is 1. The summed E-state index contributed by atoms with van der Waals surface area (Å²) in [4.78, 5) is 22.2. The van der Waals surface area contributed by atoms with E-state index in [1.807, 2.05) is 19.9 Å². The van der Waals surface area contributed by atoms with Crippen molar-refractivity contribution in [3.63, 3.8) is 0 Å². The number of rotatable bonds is 10. The number of sulfone groups is 1. The maximum Gasteiger partial charge on any atom is 0.229 e. The molecule has 3 rings (SSSR count). The zero-order valence-corrected chi connectivity index (χ0v) is 22.0. The maximum atomic E-state index is 13.2. The number of nitrogens with zero attached hydrogens (tertiary/aromatic N) is 3. The summed E-state index contributed by atoms with van der Waals surface area (Å²) in [5, 5.41) is 0.628. The molecule has 0 bridgehead atoms. The zero-order valence-electron chi connectivity index (χ0n) is 19.6. The lowest BCUT2D eigenvalue weighted by Gasteiger charge is -2.24. The van der Waals surface area contributed by atoms with Crippen LogP contribution in [-0.4, -0.2) is 56.1 Å². The Hall–Kier alpha value is -2.00. The molecule has 33 heavy (non-hydrogen) atoms. The van der Waals surface area contributed by atoms with Crippen LogP contribution in [0.25, 0.3) is 10.2 Å². The fourth-order valence-corrected chi connectivity index (χ4v) is 5.86. The number of amides is 1. The van der Waals surface area contributed by atoms with E-state index in [4.69, 9.17) is 4.98 Å². The summed E-state index contributed by atoms with van der Waals surface area (Å²) in [5.41, 5.74) is 3.17. The molecule has 0 fully saturated rings. The van der Waals surface area contributed by atoms with Crippen molar-refractivity contribution in [1.29, 1.82) is 0 Å². The van der Waals surface area contributed by atoms with Gasteiger partial charge in [-0.2, -0.15) is 0 Å². The van der Waals surface area contributed by atoms with Gasteiger partial charge >= 0.3 is 0 Å². The average Bonchev–Trinajstić information content (AvgIpc) is 3.23. The topological polar surface area (TPSA) is 70.6 Å². The van der Waals surface area contributed by atoms with Crippen LogP contribution in [0.5, 0.6) is 0 Å². The van der Waals surface area contributed by atoms with E-state index in [0.29, 0.717) is 18.2 Å². The second-order valence-corrected chi connectivity index (χ2v) is 10.9. The molecule has 0 aliphatic rings. The second-order valence-electron chi connectivity index (χ2n) is 7.80. The smallest absolute Gasteiger partial charge is 0.229 e. The van der Waals surface area contributed by atoms with Gasteiger partial charge in [-0.1, -0.05) is 49.4 Å². The van der Waals surface area contributed by atoms with Crippen LogP contribution in [0.2, 0.25) is 0 Å². The van der Waals surface area contributed by atoms with Gasteiger partial charge in [-0.3, -0.25) is 9.69 Å². The van der Waals surface area contributed by atoms with Crippen LogP contribution in [0.3, 0.4) is 0 Å². The van der Waals surface area contributed by atoms with Crippen LogP contribution in [0.4, 0.5) is 5.13 Å².